The lowest BCUT2D eigenvalue weighted by Gasteiger charge is -2.32. The predicted octanol–water partition coefficient (Wildman–Crippen LogP) is 3.93. The van der Waals surface area contributed by atoms with E-state index in [9.17, 15) is 21.6 Å². The summed E-state index contributed by atoms with van der Waals surface area (Å²) in [7, 11) is -3.73. The van der Waals surface area contributed by atoms with Crippen LogP contribution < -0.4 is 4.74 Å². The lowest BCUT2D eigenvalue weighted by atomic mass is 10.1. The van der Waals surface area contributed by atoms with Gasteiger partial charge in [0.2, 0.25) is 10.0 Å². The molecule has 154 valence electrons. The molecule has 0 unspecified atom stereocenters. The summed E-state index contributed by atoms with van der Waals surface area (Å²) in [6.07, 6.45) is -4.58. The van der Waals surface area contributed by atoms with E-state index in [0.717, 1.165) is 6.07 Å². The molecule has 11 heteroatoms. The molecule has 3 rings (SSSR count). The first-order valence-corrected chi connectivity index (χ1v) is 10.4. The van der Waals surface area contributed by atoms with Crippen LogP contribution in [0.2, 0.25) is 5.02 Å². The van der Waals surface area contributed by atoms with E-state index in [1.165, 1.54) is 16.4 Å². The highest BCUT2D eigenvalue weighted by Gasteiger charge is 2.37. The van der Waals surface area contributed by atoms with Crippen molar-refractivity contribution < 1.29 is 26.3 Å². The zero-order valence-corrected chi connectivity index (χ0v) is 16.7. The summed E-state index contributed by atoms with van der Waals surface area (Å²) in [6.45, 7) is 3.52. The molecule has 0 radical (unpaired) electrons. The standard InChI is InChI=1S/C17H19ClF3N3O3S/c1-10-16(11(2)23-22-10)28(25,26)24-7-5-13(6-8-24)27-15-4-3-12(18)9-14(15)17(19,20)21/h3-4,9,13H,5-8H2,1-2H3,(H,22,23). The van der Waals surface area contributed by atoms with Crippen molar-refractivity contribution in [1.29, 1.82) is 0 Å². The second-order valence-corrected chi connectivity index (χ2v) is 8.93. The maximum atomic E-state index is 13.2. The number of hydrogen-bond acceptors (Lipinski definition) is 4. The van der Waals surface area contributed by atoms with Crippen LogP contribution in [0.3, 0.4) is 0 Å². The van der Waals surface area contributed by atoms with Crippen LogP contribution >= 0.6 is 11.6 Å². The average Bonchev–Trinajstić information content (AvgIpc) is 2.95. The number of nitrogens with zero attached hydrogens (tertiary/aromatic N) is 2. The summed E-state index contributed by atoms with van der Waals surface area (Å²) in [5, 5.41) is 6.53. The molecular formula is C17H19ClF3N3O3S. The van der Waals surface area contributed by atoms with E-state index < -0.39 is 27.9 Å². The molecular weight excluding hydrogens is 419 g/mol. The van der Waals surface area contributed by atoms with Gasteiger partial charge >= 0.3 is 6.18 Å². The number of aryl methyl sites for hydroxylation is 2. The van der Waals surface area contributed by atoms with Crippen LogP contribution in [-0.2, 0) is 16.2 Å². The quantitative estimate of drug-likeness (QED) is 0.786. The van der Waals surface area contributed by atoms with E-state index in [1.54, 1.807) is 13.8 Å². The Hall–Kier alpha value is -1.78. The summed E-state index contributed by atoms with van der Waals surface area (Å²) < 4.78 is 72.1. The van der Waals surface area contributed by atoms with E-state index >= 15 is 0 Å². The fourth-order valence-corrected chi connectivity index (χ4v) is 5.22. The number of rotatable bonds is 4. The molecule has 1 saturated heterocycles. The number of piperidine rings is 1. The SMILES string of the molecule is Cc1n[nH]c(C)c1S(=O)(=O)N1CCC(Oc2ccc(Cl)cc2C(F)(F)F)CC1. The second-order valence-electron chi connectivity index (χ2n) is 6.62. The van der Waals surface area contributed by atoms with Gasteiger partial charge in [0.05, 0.1) is 17.0 Å². The van der Waals surface area contributed by atoms with Gasteiger partial charge in [0.15, 0.2) is 0 Å². The van der Waals surface area contributed by atoms with Crippen molar-refractivity contribution in [2.45, 2.75) is 43.9 Å². The van der Waals surface area contributed by atoms with E-state index in [-0.39, 0.29) is 41.6 Å². The summed E-state index contributed by atoms with van der Waals surface area (Å²) >= 11 is 5.67. The van der Waals surface area contributed by atoms with Crippen molar-refractivity contribution in [1.82, 2.24) is 14.5 Å². The van der Waals surface area contributed by atoms with Crippen LogP contribution in [0, 0.1) is 13.8 Å². The Bertz CT molecular complexity index is 948. The van der Waals surface area contributed by atoms with E-state index in [0.29, 0.717) is 11.4 Å². The van der Waals surface area contributed by atoms with Gasteiger partial charge in [0.1, 0.15) is 16.7 Å². The number of nitrogens with one attached hydrogen (secondary N) is 1. The molecule has 0 atom stereocenters. The van der Waals surface area contributed by atoms with Crippen molar-refractivity contribution in [3.8, 4) is 5.75 Å². The van der Waals surface area contributed by atoms with Gasteiger partial charge in [-0.2, -0.15) is 22.6 Å². The minimum Gasteiger partial charge on any atom is -0.490 e. The second kappa shape index (κ2) is 7.57. The highest BCUT2D eigenvalue weighted by atomic mass is 35.5. The Labute approximate surface area is 165 Å². The maximum Gasteiger partial charge on any atom is 0.420 e. The molecule has 2 heterocycles. The summed E-state index contributed by atoms with van der Waals surface area (Å²) in [4.78, 5) is 0.143. The molecule has 0 amide bonds. The molecule has 0 aliphatic carbocycles. The molecule has 0 saturated carbocycles. The first-order valence-electron chi connectivity index (χ1n) is 8.55. The van der Waals surface area contributed by atoms with Gasteiger partial charge in [0.25, 0.3) is 0 Å². The highest BCUT2D eigenvalue weighted by molar-refractivity contribution is 7.89. The third kappa shape index (κ3) is 4.13. The first-order chi connectivity index (χ1) is 13.0. The lowest BCUT2D eigenvalue weighted by Crippen LogP contribution is -2.42. The van der Waals surface area contributed by atoms with Crippen molar-refractivity contribution in [3.05, 3.63) is 40.2 Å². The number of halogens is 4. The van der Waals surface area contributed by atoms with Crippen LogP contribution in [0.25, 0.3) is 0 Å². The Morgan fingerprint density at radius 2 is 1.89 bits per heavy atom. The topological polar surface area (TPSA) is 75.3 Å². The van der Waals surface area contributed by atoms with Gasteiger partial charge in [-0.25, -0.2) is 8.42 Å². The molecule has 1 fully saturated rings. The molecule has 2 aromatic rings. The Morgan fingerprint density at radius 1 is 1.25 bits per heavy atom. The van der Waals surface area contributed by atoms with Crippen LogP contribution in [-0.4, -0.2) is 42.1 Å². The van der Waals surface area contributed by atoms with Crippen molar-refractivity contribution in [2.75, 3.05) is 13.1 Å². The van der Waals surface area contributed by atoms with Gasteiger partial charge < -0.3 is 4.74 Å². The van der Waals surface area contributed by atoms with Crippen LogP contribution in [0.15, 0.2) is 23.1 Å². The third-order valence-electron chi connectivity index (χ3n) is 4.60. The molecule has 1 aliphatic rings. The Balaban J connectivity index is 1.72. The maximum absolute atomic E-state index is 13.2. The van der Waals surface area contributed by atoms with E-state index in [2.05, 4.69) is 10.2 Å². The monoisotopic (exact) mass is 437 g/mol. The van der Waals surface area contributed by atoms with Gasteiger partial charge in [-0.15, -0.1) is 0 Å². The fraction of sp³-hybridized carbons (Fsp3) is 0.471. The molecule has 0 spiro atoms. The molecule has 0 bridgehead atoms. The number of aromatic amines is 1. The van der Waals surface area contributed by atoms with Gasteiger partial charge in [-0.1, -0.05) is 11.6 Å². The molecule has 6 nitrogen and oxygen atoms in total. The number of sulfonamides is 1. The number of aromatic nitrogens is 2. The van der Waals surface area contributed by atoms with Crippen LogP contribution in [0.1, 0.15) is 29.8 Å². The van der Waals surface area contributed by atoms with Gasteiger partial charge in [-0.05, 0) is 44.9 Å². The number of benzene rings is 1. The van der Waals surface area contributed by atoms with Crippen molar-refractivity contribution in [2.24, 2.45) is 0 Å². The first kappa shape index (κ1) is 20.9. The fourth-order valence-electron chi connectivity index (χ4n) is 3.25. The number of hydrogen-bond donors (Lipinski definition) is 1. The average molecular weight is 438 g/mol. The summed E-state index contributed by atoms with van der Waals surface area (Å²) in [6, 6.07) is 3.34. The number of ether oxygens (including phenoxy) is 1. The summed E-state index contributed by atoms with van der Waals surface area (Å²) in [5.41, 5.74) is -0.113. The van der Waals surface area contributed by atoms with Crippen LogP contribution in [0.5, 0.6) is 5.75 Å². The van der Waals surface area contributed by atoms with Crippen molar-refractivity contribution in [3.63, 3.8) is 0 Å². The molecule has 1 aromatic carbocycles. The minimum atomic E-state index is -4.60. The lowest BCUT2D eigenvalue weighted by molar-refractivity contribution is -0.139. The molecule has 1 aliphatic heterocycles. The highest BCUT2D eigenvalue weighted by Crippen LogP contribution is 2.39. The number of H-pyrrole nitrogens is 1. The zero-order valence-electron chi connectivity index (χ0n) is 15.2. The predicted molar refractivity (Wildman–Crippen MR) is 96.9 cm³/mol. The Kier molecular flexibility index (Phi) is 5.66. The molecule has 1 N–H and O–H groups in total. The molecule has 1 aromatic heterocycles. The van der Waals surface area contributed by atoms with E-state index in [1.807, 2.05) is 0 Å². The van der Waals surface area contributed by atoms with Crippen molar-refractivity contribution >= 4 is 21.6 Å². The largest absolute Gasteiger partial charge is 0.490 e. The van der Waals surface area contributed by atoms with Gasteiger partial charge in [0, 0.05) is 18.1 Å². The zero-order chi connectivity index (χ0) is 20.7. The number of alkyl halides is 3. The third-order valence-corrected chi connectivity index (χ3v) is 7.00. The van der Waals surface area contributed by atoms with E-state index in [4.69, 9.17) is 16.3 Å². The van der Waals surface area contributed by atoms with Crippen LogP contribution in [0.4, 0.5) is 13.2 Å². The Morgan fingerprint density at radius 3 is 2.43 bits per heavy atom. The van der Waals surface area contributed by atoms with Gasteiger partial charge in [-0.3, -0.25) is 5.10 Å². The molecule has 28 heavy (non-hydrogen) atoms. The minimum absolute atomic E-state index is 0.0357. The summed E-state index contributed by atoms with van der Waals surface area (Å²) in [5.74, 6) is -0.306. The smallest absolute Gasteiger partial charge is 0.420 e. The normalized spacial score (nSPS) is 17.1.